The molecular weight excluding hydrogens is 491 g/mol. The molecule has 0 aromatic heterocycles. The Labute approximate surface area is 206 Å². The summed E-state index contributed by atoms with van der Waals surface area (Å²) in [7, 11) is 3.36. The number of benzene rings is 2. The molecule has 2 rings (SSSR count). The van der Waals surface area contributed by atoms with Crippen molar-refractivity contribution in [3.05, 3.63) is 58.6 Å². The van der Waals surface area contributed by atoms with Crippen LogP contribution in [0.1, 0.15) is 39.5 Å². The molecule has 162 valence electrons. The first kappa shape index (κ1) is 26.0. The van der Waals surface area contributed by atoms with Gasteiger partial charge in [0.15, 0.2) is 0 Å². The Morgan fingerprint density at radius 2 is 1.03 bits per heavy atom. The summed E-state index contributed by atoms with van der Waals surface area (Å²) in [5, 5.41) is 1.45. The van der Waals surface area contributed by atoms with E-state index in [0.717, 1.165) is 41.7 Å². The predicted molar refractivity (Wildman–Crippen MR) is 147 cm³/mol. The van der Waals surface area contributed by atoms with E-state index in [1.54, 1.807) is 45.1 Å². The fourth-order valence-corrected chi connectivity index (χ4v) is 7.32. The Bertz CT molecular complexity index is 739. The maximum absolute atomic E-state index is 6.01. The van der Waals surface area contributed by atoms with E-state index in [1.807, 2.05) is 48.5 Å². The number of rotatable bonds is 8. The van der Waals surface area contributed by atoms with Gasteiger partial charge in [-0.1, -0.05) is 73.4 Å². The molecule has 2 aromatic rings. The Hall–Kier alpha value is -0.240. The highest BCUT2D eigenvalue weighted by molar-refractivity contribution is 8.93. The quantitative estimate of drug-likeness (QED) is 0.150. The number of hydrogen-bond donors (Lipinski definition) is 0. The SMILES string of the molecule is CCCCSC(=Nc1ccc(Cl)cc1)SSC(=Nc1ccc(Cl)cc1)SCCCC. The van der Waals surface area contributed by atoms with Gasteiger partial charge in [0.1, 0.15) is 8.75 Å². The highest BCUT2D eigenvalue weighted by atomic mass is 35.5. The number of nitrogens with zero attached hydrogens (tertiary/aromatic N) is 2. The van der Waals surface area contributed by atoms with Crippen LogP contribution in [-0.2, 0) is 0 Å². The van der Waals surface area contributed by atoms with E-state index in [4.69, 9.17) is 33.2 Å². The maximum Gasteiger partial charge on any atom is 0.141 e. The van der Waals surface area contributed by atoms with Crippen molar-refractivity contribution in [2.45, 2.75) is 39.5 Å². The molecule has 0 atom stereocenters. The van der Waals surface area contributed by atoms with Gasteiger partial charge < -0.3 is 0 Å². The number of hydrogen-bond acceptors (Lipinski definition) is 6. The molecule has 2 nitrogen and oxygen atoms in total. The van der Waals surface area contributed by atoms with Gasteiger partial charge in [-0.25, -0.2) is 9.98 Å². The molecule has 2 aromatic carbocycles. The zero-order chi connectivity index (χ0) is 21.6. The van der Waals surface area contributed by atoms with E-state index in [1.165, 1.54) is 25.7 Å². The smallest absolute Gasteiger partial charge is 0.141 e. The van der Waals surface area contributed by atoms with Gasteiger partial charge in [0.25, 0.3) is 0 Å². The summed E-state index contributed by atoms with van der Waals surface area (Å²) in [4.78, 5) is 9.68. The summed E-state index contributed by atoms with van der Waals surface area (Å²) >= 11 is 15.6. The molecule has 0 unspecified atom stereocenters. The van der Waals surface area contributed by atoms with Crippen LogP contribution in [0.5, 0.6) is 0 Å². The summed E-state index contributed by atoms with van der Waals surface area (Å²) in [6.07, 6.45) is 4.70. The minimum absolute atomic E-state index is 0.723. The molecule has 0 aliphatic rings. The third kappa shape index (κ3) is 10.9. The second-order valence-corrected chi connectivity index (χ2v) is 11.9. The summed E-state index contributed by atoms with van der Waals surface area (Å²) in [5.74, 6) is 2.12. The van der Waals surface area contributed by atoms with Crippen molar-refractivity contribution in [1.29, 1.82) is 0 Å². The average molecular weight is 518 g/mol. The highest BCUT2D eigenvalue weighted by Crippen LogP contribution is 2.37. The molecule has 0 saturated heterocycles. The van der Waals surface area contributed by atoms with Crippen LogP contribution in [0, 0.1) is 0 Å². The van der Waals surface area contributed by atoms with E-state index in [2.05, 4.69) is 13.8 Å². The van der Waals surface area contributed by atoms with Crippen molar-refractivity contribution in [2.75, 3.05) is 11.5 Å². The van der Waals surface area contributed by atoms with Gasteiger partial charge in [0.2, 0.25) is 0 Å². The van der Waals surface area contributed by atoms with Crippen LogP contribution >= 0.6 is 68.3 Å². The first-order chi connectivity index (χ1) is 14.6. The lowest BCUT2D eigenvalue weighted by atomic mass is 10.3. The predicted octanol–water partition coefficient (Wildman–Crippen LogP) is 10.1. The molecule has 0 spiro atoms. The molecule has 0 saturated carbocycles. The number of halogens is 2. The zero-order valence-corrected chi connectivity index (χ0v) is 21.9. The molecule has 0 aliphatic carbocycles. The molecular formula is C22H26Cl2N2S4. The zero-order valence-electron chi connectivity index (χ0n) is 17.1. The lowest BCUT2D eigenvalue weighted by Gasteiger charge is -2.08. The Balaban J connectivity index is 2.12. The Kier molecular flexibility index (Phi) is 13.5. The van der Waals surface area contributed by atoms with Crippen LogP contribution in [0.2, 0.25) is 10.0 Å². The Morgan fingerprint density at radius 3 is 1.37 bits per heavy atom. The molecule has 0 heterocycles. The molecule has 8 heteroatoms. The van der Waals surface area contributed by atoms with E-state index in [-0.39, 0.29) is 0 Å². The van der Waals surface area contributed by atoms with E-state index in [9.17, 15) is 0 Å². The normalized spacial score (nSPS) is 12.4. The van der Waals surface area contributed by atoms with Gasteiger partial charge >= 0.3 is 0 Å². The second kappa shape index (κ2) is 15.5. The number of aliphatic imine (C=N–C) groups is 2. The van der Waals surface area contributed by atoms with Gasteiger partial charge in [0, 0.05) is 21.6 Å². The molecule has 0 bridgehead atoms. The fraction of sp³-hybridized carbons (Fsp3) is 0.364. The van der Waals surface area contributed by atoms with Crippen molar-refractivity contribution in [3.63, 3.8) is 0 Å². The van der Waals surface area contributed by atoms with Crippen LogP contribution in [0.4, 0.5) is 11.4 Å². The number of unbranched alkanes of at least 4 members (excludes halogenated alkanes) is 2. The molecule has 0 amide bonds. The van der Waals surface area contributed by atoms with E-state index >= 15 is 0 Å². The molecule has 0 N–H and O–H groups in total. The maximum atomic E-state index is 6.01. The summed E-state index contributed by atoms with van der Waals surface area (Å²) in [6, 6.07) is 15.3. The highest BCUT2D eigenvalue weighted by Gasteiger charge is 2.09. The van der Waals surface area contributed by atoms with Gasteiger partial charge in [-0.2, -0.15) is 0 Å². The summed E-state index contributed by atoms with van der Waals surface area (Å²) < 4.78 is 2.08. The van der Waals surface area contributed by atoms with Crippen molar-refractivity contribution in [1.82, 2.24) is 0 Å². The fourth-order valence-electron chi connectivity index (χ4n) is 2.07. The monoisotopic (exact) mass is 516 g/mol. The van der Waals surface area contributed by atoms with E-state index in [0.29, 0.717) is 0 Å². The van der Waals surface area contributed by atoms with Gasteiger partial charge in [0.05, 0.1) is 11.4 Å². The van der Waals surface area contributed by atoms with Crippen LogP contribution in [0.3, 0.4) is 0 Å². The van der Waals surface area contributed by atoms with E-state index < -0.39 is 0 Å². The van der Waals surface area contributed by atoms with Gasteiger partial charge in [-0.05, 0) is 83.0 Å². The van der Waals surface area contributed by atoms with Crippen molar-refractivity contribution in [3.8, 4) is 0 Å². The van der Waals surface area contributed by atoms with Crippen LogP contribution in [-0.4, -0.2) is 20.3 Å². The molecule has 0 radical (unpaired) electrons. The van der Waals surface area contributed by atoms with Crippen molar-refractivity contribution in [2.24, 2.45) is 9.98 Å². The van der Waals surface area contributed by atoms with Gasteiger partial charge in [-0.15, -0.1) is 0 Å². The lowest BCUT2D eigenvalue weighted by molar-refractivity contribution is 0.898. The second-order valence-electron chi connectivity index (χ2n) is 6.28. The molecule has 0 fully saturated rings. The third-order valence-corrected chi connectivity index (χ3v) is 9.48. The molecule has 30 heavy (non-hydrogen) atoms. The lowest BCUT2D eigenvalue weighted by Crippen LogP contribution is -1.91. The largest absolute Gasteiger partial charge is 0.234 e. The van der Waals surface area contributed by atoms with Gasteiger partial charge in [-0.3, -0.25) is 0 Å². The number of thioether (sulfide) groups is 2. The minimum atomic E-state index is 0.723. The standard InChI is InChI=1S/C22H26Cl2N2S4/c1-3-5-15-27-21(25-19-11-7-17(23)8-12-19)29-30-22(28-16-6-4-2)26-20-13-9-18(24)10-14-20/h7-14H,3-6,15-16H2,1-2H3. The minimum Gasteiger partial charge on any atom is -0.234 e. The Morgan fingerprint density at radius 1 is 0.667 bits per heavy atom. The molecule has 0 aliphatic heterocycles. The van der Waals surface area contributed by atoms with Crippen molar-refractivity contribution >= 4 is 88.4 Å². The first-order valence-corrected chi connectivity index (χ1v) is 14.8. The average Bonchev–Trinajstić information content (AvgIpc) is 2.75. The topological polar surface area (TPSA) is 24.7 Å². The summed E-state index contributed by atoms with van der Waals surface area (Å²) in [6.45, 7) is 4.42. The van der Waals surface area contributed by atoms with Crippen molar-refractivity contribution < 1.29 is 0 Å². The van der Waals surface area contributed by atoms with Crippen LogP contribution in [0.15, 0.2) is 58.5 Å². The third-order valence-electron chi connectivity index (χ3n) is 3.73. The summed E-state index contributed by atoms with van der Waals surface area (Å²) in [5.41, 5.74) is 1.84. The first-order valence-electron chi connectivity index (χ1n) is 9.89. The van der Waals surface area contributed by atoms with Crippen LogP contribution in [0.25, 0.3) is 0 Å². The van der Waals surface area contributed by atoms with Crippen LogP contribution < -0.4 is 0 Å².